The molecule has 30 heteroatoms. The second-order valence-electron chi connectivity index (χ2n) is 8.76. The molecule has 0 spiro atoms. The van der Waals surface area contributed by atoms with Gasteiger partial charge in [-0.05, 0) is 0 Å². The molecule has 0 aromatic heterocycles. The van der Waals surface area contributed by atoms with Crippen LogP contribution in [0.4, 0.5) is 123 Å². The van der Waals surface area contributed by atoms with Crippen LogP contribution >= 0.6 is 0 Å². The number of alkyl halides is 28. The van der Waals surface area contributed by atoms with E-state index in [1.165, 1.54) is 0 Å². The van der Waals surface area contributed by atoms with Crippen LogP contribution in [0.3, 0.4) is 0 Å². The third-order valence-electron chi connectivity index (χ3n) is 5.66. The fourth-order valence-corrected chi connectivity index (χ4v) is 2.66. The molecule has 0 heterocycles. The molecule has 0 aliphatic carbocycles. The van der Waals surface area contributed by atoms with Gasteiger partial charge in [-0.2, -0.15) is 114 Å². The highest BCUT2D eigenvalue weighted by Gasteiger charge is 3.00. The van der Waals surface area contributed by atoms with Crippen LogP contribution < -0.4 is 0 Å². The molecule has 0 aromatic rings. The van der Waals surface area contributed by atoms with E-state index in [9.17, 15) is 128 Å². The maximum absolute atomic E-state index is 13.8. The van der Waals surface area contributed by atoms with Crippen LogP contribution in [0.2, 0.25) is 0 Å². The summed E-state index contributed by atoms with van der Waals surface area (Å²) in [6, 6.07) is 0. The van der Waals surface area contributed by atoms with E-state index in [1.54, 1.807) is 0 Å². The topological polar surface area (TPSA) is 26.3 Å². The number of ether oxygens (including phenoxy) is 1. The second-order valence-corrected chi connectivity index (χ2v) is 8.76. The molecule has 0 fully saturated rings. The fourth-order valence-electron chi connectivity index (χ4n) is 2.66. The van der Waals surface area contributed by atoms with Crippen molar-refractivity contribution in [3.8, 4) is 0 Å². The summed E-state index contributed by atoms with van der Waals surface area (Å²) in [5.41, 5.74) is 0. The van der Waals surface area contributed by atoms with Gasteiger partial charge in [0, 0.05) is 6.08 Å². The average molecular weight is 786 g/mol. The van der Waals surface area contributed by atoms with Gasteiger partial charge in [0.2, 0.25) is 0 Å². The molecule has 0 aliphatic heterocycles. The van der Waals surface area contributed by atoms with Gasteiger partial charge in [-0.3, -0.25) is 0 Å². The Morgan fingerprint density at radius 2 is 0.646 bits per heavy atom. The quantitative estimate of drug-likeness (QED) is 0.0887. The second kappa shape index (κ2) is 11.7. The van der Waals surface area contributed by atoms with Crippen molar-refractivity contribution in [2.24, 2.45) is 0 Å². The van der Waals surface area contributed by atoms with Crippen LogP contribution in [0.25, 0.3) is 0 Å². The first kappa shape index (κ1) is 45.2. The first-order chi connectivity index (χ1) is 20.4. The normalized spacial score (nSPS) is 16.4. The molecule has 0 saturated heterocycles. The first-order valence-electron chi connectivity index (χ1n) is 10.4. The highest BCUT2D eigenvalue weighted by atomic mass is 19.4. The van der Waals surface area contributed by atoms with Crippen molar-refractivity contribution in [2.45, 2.75) is 83.4 Å². The van der Waals surface area contributed by atoms with Crippen LogP contribution in [-0.2, 0) is 9.53 Å². The predicted molar refractivity (Wildman–Crippen MR) is 91.5 cm³/mol. The largest absolute Gasteiger partial charge is 0.456 e. The fraction of sp³-hybridized carbons (Fsp3) is 0.833. The zero-order valence-electron chi connectivity index (χ0n) is 21.0. The van der Waals surface area contributed by atoms with Gasteiger partial charge in [0.05, 0.1) is 0 Å². The van der Waals surface area contributed by atoms with Gasteiger partial charge in [0.1, 0.15) is 0 Å². The number of carbonyl (C=O) groups excluding carboxylic acids is 1. The van der Waals surface area contributed by atoms with Gasteiger partial charge in [0.15, 0.2) is 6.61 Å². The minimum Gasteiger partial charge on any atom is -0.456 e. The third-order valence-corrected chi connectivity index (χ3v) is 5.66. The number of halogens is 28. The van der Waals surface area contributed by atoms with Crippen molar-refractivity contribution in [1.29, 1.82) is 0 Å². The highest BCUT2D eigenvalue weighted by Crippen LogP contribution is 2.68. The molecule has 0 saturated carbocycles. The molecule has 0 aromatic carbocycles. The maximum Gasteiger partial charge on any atom is 0.385 e. The van der Waals surface area contributed by atoms with E-state index in [1.807, 2.05) is 0 Å². The zero-order valence-corrected chi connectivity index (χ0v) is 21.0. The van der Waals surface area contributed by atoms with Gasteiger partial charge in [-0.15, -0.1) is 0 Å². The lowest BCUT2D eigenvalue weighted by atomic mass is 9.83. The summed E-state index contributed by atoms with van der Waals surface area (Å²) in [5, 5.41) is 0. The van der Waals surface area contributed by atoms with Crippen LogP contribution in [0.15, 0.2) is 12.7 Å². The highest BCUT2D eigenvalue weighted by molar-refractivity contribution is 5.81. The Labute approximate surface area is 242 Å². The molecule has 2 nitrogen and oxygen atoms in total. The predicted octanol–water partition coefficient (Wildman–Crippen LogP) is 9.24. The van der Waals surface area contributed by atoms with Crippen LogP contribution in [0, 0.1) is 0 Å². The molecule has 0 bridgehead atoms. The SMILES string of the molecule is C=CC(=O)OCC(F)(F)C(F)(F)C(F)(F)C(F)(F)C(F)(F)C(F)(F)C(F)(F)C(F)(F)C(F)(F)C(F)(F)C(F)(F)C(F)(F)C(F)(F)C(F)F. The first-order valence-corrected chi connectivity index (χ1v) is 10.4. The van der Waals surface area contributed by atoms with Crippen molar-refractivity contribution in [3.05, 3.63) is 12.7 Å². The molecule has 0 aliphatic rings. The lowest BCUT2D eigenvalue weighted by Crippen LogP contribution is -2.79. The molecular weight excluding hydrogens is 780 g/mol. The van der Waals surface area contributed by atoms with Crippen molar-refractivity contribution >= 4 is 5.97 Å². The van der Waals surface area contributed by atoms with E-state index in [4.69, 9.17) is 0 Å². The lowest BCUT2D eigenvalue weighted by molar-refractivity contribution is -0.483. The number of hydrogen-bond donors (Lipinski definition) is 0. The van der Waals surface area contributed by atoms with Gasteiger partial charge >= 0.3 is 89.4 Å². The Bertz CT molecular complexity index is 1200. The standard InChI is InChI=1S/C18H6F28O2/c1-2-4(47)48-3-6(21,22)8(25,26)10(29,30)12(33,34)14(37,38)16(41,42)18(45,46)17(43,44)15(39,40)13(35,36)11(31,32)9(27,28)7(23,24)5(19)20/h2,5H,1,3H2. The summed E-state index contributed by atoms with van der Waals surface area (Å²) in [7, 11) is 0. The summed E-state index contributed by atoms with van der Waals surface area (Å²) < 4.78 is 379. The molecule has 0 rings (SSSR count). The zero-order chi connectivity index (χ0) is 39.8. The summed E-state index contributed by atoms with van der Waals surface area (Å²) in [5.74, 6) is -122. The van der Waals surface area contributed by atoms with E-state index in [2.05, 4.69) is 11.3 Å². The average Bonchev–Trinajstić information content (AvgIpc) is 2.89. The van der Waals surface area contributed by atoms with Crippen molar-refractivity contribution in [3.63, 3.8) is 0 Å². The van der Waals surface area contributed by atoms with Gasteiger partial charge in [-0.1, -0.05) is 6.58 Å². The Balaban J connectivity index is 7.43. The molecule has 286 valence electrons. The van der Waals surface area contributed by atoms with Crippen LogP contribution in [0.5, 0.6) is 0 Å². The van der Waals surface area contributed by atoms with Crippen molar-refractivity contribution < 1.29 is 132 Å². The Hall–Kier alpha value is -2.75. The van der Waals surface area contributed by atoms with Crippen molar-refractivity contribution in [1.82, 2.24) is 0 Å². The van der Waals surface area contributed by atoms with E-state index < -0.39 is 96.0 Å². The number of hydrogen-bond acceptors (Lipinski definition) is 2. The van der Waals surface area contributed by atoms with Gasteiger partial charge < -0.3 is 4.74 Å². The monoisotopic (exact) mass is 786 g/mol. The molecule has 0 N–H and O–H groups in total. The molecule has 0 amide bonds. The minimum absolute atomic E-state index is 0.293. The molecule has 48 heavy (non-hydrogen) atoms. The van der Waals surface area contributed by atoms with E-state index in [0.717, 1.165) is 0 Å². The molecule has 0 atom stereocenters. The summed E-state index contributed by atoms with van der Waals surface area (Å²) in [6.07, 6.45) is -6.69. The van der Waals surface area contributed by atoms with E-state index in [-0.39, 0.29) is 6.08 Å². The number of carbonyl (C=O) groups is 1. The number of esters is 1. The Morgan fingerprint density at radius 1 is 0.438 bits per heavy atom. The van der Waals surface area contributed by atoms with Crippen molar-refractivity contribution in [2.75, 3.05) is 6.61 Å². The van der Waals surface area contributed by atoms with Crippen LogP contribution in [-0.4, -0.2) is 96.0 Å². The van der Waals surface area contributed by atoms with Gasteiger partial charge in [-0.25, -0.2) is 13.6 Å². The number of rotatable bonds is 16. The summed E-state index contributed by atoms with van der Waals surface area (Å²) in [6.45, 7) is -1.30. The lowest BCUT2D eigenvalue weighted by Gasteiger charge is -2.46. The summed E-state index contributed by atoms with van der Waals surface area (Å²) in [4.78, 5) is 10.6. The summed E-state index contributed by atoms with van der Waals surface area (Å²) >= 11 is 0. The molecule has 0 unspecified atom stereocenters. The third kappa shape index (κ3) is 5.43. The van der Waals surface area contributed by atoms with Gasteiger partial charge in [0.25, 0.3) is 0 Å². The molecular formula is C18H6F28O2. The maximum atomic E-state index is 13.8. The van der Waals surface area contributed by atoms with E-state index >= 15 is 0 Å². The van der Waals surface area contributed by atoms with E-state index in [0.29, 0.717) is 0 Å². The smallest absolute Gasteiger partial charge is 0.385 e. The minimum atomic E-state index is -9.89. The Morgan fingerprint density at radius 3 is 0.854 bits per heavy atom. The Kier molecular flexibility index (Phi) is 11.0. The van der Waals surface area contributed by atoms with Crippen LogP contribution in [0.1, 0.15) is 0 Å². The molecule has 0 radical (unpaired) electrons.